The van der Waals surface area contributed by atoms with Gasteiger partial charge in [0.05, 0.1) is 18.8 Å². The van der Waals surface area contributed by atoms with Crippen LogP contribution in [0.4, 0.5) is 5.82 Å². The molecule has 0 unspecified atom stereocenters. The van der Waals surface area contributed by atoms with E-state index >= 15 is 0 Å². The van der Waals surface area contributed by atoms with Crippen LogP contribution in [0, 0.1) is 13.8 Å². The number of nitrogens with one attached hydrogen (secondary N) is 1. The van der Waals surface area contributed by atoms with Crippen LogP contribution in [0.1, 0.15) is 35.3 Å². The standard InChI is InChI=1S/C21H23N5O2/c1-13-4-6-16(7-5-13)20-10-17(25-28-20)11-22-21-18-8-9-26(15(3)27)12-19(18)23-14(2)24-21/h4-7,10H,8-9,11-12H2,1-3H3,(H,22,23,24). The Bertz CT molecular complexity index is 1010. The lowest BCUT2D eigenvalue weighted by molar-refractivity contribution is -0.129. The molecule has 0 radical (unpaired) electrons. The quantitative estimate of drug-likeness (QED) is 0.751. The van der Waals surface area contributed by atoms with Crippen molar-refractivity contribution in [2.75, 3.05) is 11.9 Å². The molecule has 1 aliphatic heterocycles. The minimum absolute atomic E-state index is 0.0719. The van der Waals surface area contributed by atoms with Gasteiger partial charge < -0.3 is 14.7 Å². The Kier molecular flexibility index (Phi) is 4.81. The normalized spacial score (nSPS) is 13.3. The molecule has 0 bridgehead atoms. The van der Waals surface area contributed by atoms with Crippen LogP contribution in [0.5, 0.6) is 0 Å². The maximum absolute atomic E-state index is 11.7. The number of hydrogen-bond acceptors (Lipinski definition) is 6. The summed E-state index contributed by atoms with van der Waals surface area (Å²) < 4.78 is 5.49. The number of hydrogen-bond donors (Lipinski definition) is 1. The van der Waals surface area contributed by atoms with E-state index in [2.05, 4.69) is 39.5 Å². The van der Waals surface area contributed by atoms with Crippen molar-refractivity contribution in [3.05, 3.63) is 58.7 Å². The minimum atomic E-state index is 0.0719. The average Bonchev–Trinajstić information content (AvgIpc) is 3.15. The fourth-order valence-electron chi connectivity index (χ4n) is 3.39. The van der Waals surface area contributed by atoms with Gasteiger partial charge in [-0.3, -0.25) is 4.79 Å². The Morgan fingerprint density at radius 1 is 1.21 bits per heavy atom. The Morgan fingerprint density at radius 2 is 2.00 bits per heavy atom. The third-order valence-corrected chi connectivity index (χ3v) is 4.95. The van der Waals surface area contributed by atoms with Crippen molar-refractivity contribution >= 4 is 11.7 Å². The van der Waals surface area contributed by atoms with Crippen molar-refractivity contribution in [3.63, 3.8) is 0 Å². The highest BCUT2D eigenvalue weighted by molar-refractivity contribution is 5.73. The van der Waals surface area contributed by atoms with Crippen molar-refractivity contribution in [2.45, 2.75) is 40.3 Å². The summed E-state index contributed by atoms with van der Waals surface area (Å²) in [4.78, 5) is 22.6. The molecule has 7 heteroatoms. The Labute approximate surface area is 163 Å². The number of nitrogens with zero attached hydrogens (tertiary/aromatic N) is 4. The van der Waals surface area contributed by atoms with Crippen molar-refractivity contribution in [2.24, 2.45) is 0 Å². The smallest absolute Gasteiger partial charge is 0.219 e. The number of benzene rings is 1. The third kappa shape index (κ3) is 3.74. The summed E-state index contributed by atoms with van der Waals surface area (Å²) in [7, 11) is 0. The molecule has 2 aromatic heterocycles. The fraction of sp³-hybridized carbons (Fsp3) is 0.333. The predicted octanol–water partition coefficient (Wildman–Crippen LogP) is 3.27. The number of aryl methyl sites for hydroxylation is 2. The van der Waals surface area contributed by atoms with Gasteiger partial charge in [0.15, 0.2) is 5.76 Å². The highest BCUT2D eigenvalue weighted by atomic mass is 16.5. The second-order valence-corrected chi connectivity index (χ2v) is 7.14. The minimum Gasteiger partial charge on any atom is -0.364 e. The summed E-state index contributed by atoms with van der Waals surface area (Å²) >= 11 is 0. The van der Waals surface area contributed by atoms with Crippen LogP contribution in [0.2, 0.25) is 0 Å². The number of carbonyl (C=O) groups is 1. The van der Waals surface area contributed by atoms with E-state index in [1.165, 1.54) is 5.56 Å². The van der Waals surface area contributed by atoms with Gasteiger partial charge in [0.25, 0.3) is 0 Å². The van der Waals surface area contributed by atoms with Gasteiger partial charge in [-0.1, -0.05) is 35.0 Å². The highest BCUT2D eigenvalue weighted by Crippen LogP contribution is 2.25. The molecular weight excluding hydrogens is 354 g/mol. The fourth-order valence-corrected chi connectivity index (χ4v) is 3.39. The van der Waals surface area contributed by atoms with E-state index in [4.69, 9.17) is 4.52 Å². The molecular formula is C21H23N5O2. The van der Waals surface area contributed by atoms with Crippen LogP contribution in [0.25, 0.3) is 11.3 Å². The summed E-state index contributed by atoms with van der Waals surface area (Å²) in [6, 6.07) is 10.1. The van der Waals surface area contributed by atoms with Crippen molar-refractivity contribution in [3.8, 4) is 11.3 Å². The zero-order valence-electron chi connectivity index (χ0n) is 16.3. The van der Waals surface area contributed by atoms with Crippen LogP contribution in [0.3, 0.4) is 0 Å². The summed E-state index contributed by atoms with van der Waals surface area (Å²) in [5.74, 6) is 2.31. The van der Waals surface area contributed by atoms with Crippen LogP contribution >= 0.6 is 0 Å². The summed E-state index contributed by atoms with van der Waals surface area (Å²) in [6.45, 7) is 7.24. The summed E-state index contributed by atoms with van der Waals surface area (Å²) in [6.07, 6.45) is 0.741. The third-order valence-electron chi connectivity index (χ3n) is 4.95. The first-order valence-electron chi connectivity index (χ1n) is 9.38. The zero-order chi connectivity index (χ0) is 19.7. The van der Waals surface area contributed by atoms with E-state index in [0.717, 1.165) is 40.5 Å². The molecule has 144 valence electrons. The second-order valence-electron chi connectivity index (χ2n) is 7.14. The van der Waals surface area contributed by atoms with Gasteiger partial charge in [0.1, 0.15) is 17.3 Å². The molecule has 0 spiro atoms. The monoisotopic (exact) mass is 377 g/mol. The van der Waals surface area contributed by atoms with Crippen LogP contribution in [-0.2, 0) is 24.3 Å². The molecule has 0 saturated carbocycles. The van der Waals surface area contributed by atoms with Gasteiger partial charge >= 0.3 is 0 Å². The Hall–Kier alpha value is -3.22. The number of fused-ring (bicyclic) bond motifs is 1. The van der Waals surface area contributed by atoms with Crippen LogP contribution in [0.15, 0.2) is 34.9 Å². The first kappa shape index (κ1) is 18.2. The lowest BCUT2D eigenvalue weighted by Gasteiger charge is -2.28. The maximum atomic E-state index is 11.7. The van der Waals surface area contributed by atoms with Gasteiger partial charge in [-0.15, -0.1) is 0 Å². The number of carbonyl (C=O) groups excluding carboxylic acids is 1. The van der Waals surface area contributed by atoms with Crippen molar-refractivity contribution in [1.29, 1.82) is 0 Å². The van der Waals surface area contributed by atoms with Gasteiger partial charge in [-0.2, -0.15) is 0 Å². The van der Waals surface area contributed by atoms with Crippen LogP contribution in [-0.4, -0.2) is 32.5 Å². The Balaban J connectivity index is 1.50. The lowest BCUT2D eigenvalue weighted by atomic mass is 10.1. The van der Waals surface area contributed by atoms with E-state index in [0.29, 0.717) is 25.5 Å². The summed E-state index contributed by atoms with van der Waals surface area (Å²) in [5, 5.41) is 7.54. The molecule has 0 fully saturated rings. The van der Waals surface area contributed by atoms with E-state index < -0.39 is 0 Å². The molecule has 28 heavy (non-hydrogen) atoms. The molecule has 0 atom stereocenters. The topological polar surface area (TPSA) is 84.2 Å². The van der Waals surface area contributed by atoms with E-state index in [1.807, 2.05) is 30.0 Å². The summed E-state index contributed by atoms with van der Waals surface area (Å²) in [5.41, 5.74) is 5.00. The van der Waals surface area contributed by atoms with E-state index in [9.17, 15) is 4.79 Å². The molecule has 0 saturated heterocycles. The van der Waals surface area contributed by atoms with Gasteiger partial charge in [-0.05, 0) is 20.3 Å². The zero-order valence-corrected chi connectivity index (χ0v) is 16.3. The molecule has 1 N–H and O–H groups in total. The first-order chi connectivity index (χ1) is 13.5. The van der Waals surface area contributed by atoms with Crippen molar-refractivity contribution < 1.29 is 9.32 Å². The van der Waals surface area contributed by atoms with Gasteiger partial charge in [0.2, 0.25) is 5.91 Å². The molecule has 3 aromatic rings. The molecule has 1 amide bonds. The number of anilines is 1. The van der Waals surface area contributed by atoms with E-state index in [-0.39, 0.29) is 5.91 Å². The second kappa shape index (κ2) is 7.42. The molecule has 3 heterocycles. The molecule has 1 aromatic carbocycles. The molecule has 0 aliphatic carbocycles. The lowest BCUT2D eigenvalue weighted by Crippen LogP contribution is -2.35. The first-order valence-corrected chi connectivity index (χ1v) is 9.38. The predicted molar refractivity (Wildman–Crippen MR) is 106 cm³/mol. The van der Waals surface area contributed by atoms with Gasteiger partial charge in [-0.25, -0.2) is 9.97 Å². The number of rotatable bonds is 4. The highest BCUT2D eigenvalue weighted by Gasteiger charge is 2.23. The van der Waals surface area contributed by atoms with Crippen molar-refractivity contribution in [1.82, 2.24) is 20.0 Å². The number of amides is 1. The maximum Gasteiger partial charge on any atom is 0.219 e. The molecule has 7 nitrogen and oxygen atoms in total. The average molecular weight is 377 g/mol. The largest absolute Gasteiger partial charge is 0.364 e. The van der Waals surface area contributed by atoms with Gasteiger partial charge in [0, 0.05) is 30.7 Å². The molecule has 4 rings (SSSR count). The van der Waals surface area contributed by atoms with E-state index in [1.54, 1.807) is 6.92 Å². The number of aromatic nitrogens is 3. The SMILES string of the molecule is CC(=O)N1CCc2c(nc(C)nc2NCc2cc(-c3ccc(C)cc3)on2)C1. The molecule has 1 aliphatic rings. The Morgan fingerprint density at radius 3 is 2.75 bits per heavy atom. The van der Waals surface area contributed by atoms with Crippen LogP contribution < -0.4 is 5.32 Å².